The van der Waals surface area contributed by atoms with Gasteiger partial charge >= 0.3 is 0 Å². The van der Waals surface area contributed by atoms with Crippen molar-refractivity contribution in [3.63, 3.8) is 0 Å². The third kappa shape index (κ3) is 4.69. The minimum Gasteiger partial charge on any atom is -0.480 e. The van der Waals surface area contributed by atoms with Gasteiger partial charge in [0.15, 0.2) is 26.3 Å². The molecule has 1 aliphatic rings. The van der Waals surface area contributed by atoms with Crippen molar-refractivity contribution in [3.8, 4) is 5.75 Å². The van der Waals surface area contributed by atoms with Crippen molar-refractivity contribution in [2.45, 2.75) is 52.4 Å². The molecule has 166 valence electrons. The van der Waals surface area contributed by atoms with Gasteiger partial charge in [0.1, 0.15) is 5.60 Å². The molecule has 0 unspecified atom stereocenters. The van der Waals surface area contributed by atoms with Crippen LogP contribution in [0.1, 0.15) is 37.7 Å². The molecule has 0 aromatic heterocycles. The van der Waals surface area contributed by atoms with E-state index in [2.05, 4.69) is 36.4 Å². The Morgan fingerprint density at radius 1 is 0.606 bits per heavy atom. The summed E-state index contributed by atoms with van der Waals surface area (Å²) < 4.78 is 22.1. The zero-order valence-corrected chi connectivity index (χ0v) is 19.4. The normalized spacial score (nSPS) is 15.3. The van der Waals surface area contributed by atoms with Gasteiger partial charge in [0.2, 0.25) is 0 Å². The Morgan fingerprint density at radius 3 is 1.70 bits per heavy atom. The zero-order chi connectivity index (χ0) is 22.5. The second kappa shape index (κ2) is 9.84. The third-order valence-electron chi connectivity index (χ3n) is 6.36. The van der Waals surface area contributed by atoms with Crippen LogP contribution in [-0.2, 0) is 16.5 Å². The SMILES string of the molecule is Fc1cc([S+](c2ccccc2)c2ccccc2)ccc1OC1(c2ccccc2)CCCCC1. The molecular formula is C30H28FOS+. The molecule has 0 radical (unpaired) electrons. The van der Waals surface area contributed by atoms with Crippen molar-refractivity contribution in [2.75, 3.05) is 0 Å². The summed E-state index contributed by atoms with van der Waals surface area (Å²) in [6, 6.07) is 36.5. The largest absolute Gasteiger partial charge is 0.480 e. The first-order chi connectivity index (χ1) is 16.3. The lowest BCUT2D eigenvalue weighted by Gasteiger charge is -2.38. The lowest BCUT2D eigenvalue weighted by atomic mass is 9.79. The summed E-state index contributed by atoms with van der Waals surface area (Å²) in [7, 11) is -0.382. The molecule has 0 spiro atoms. The Hall–Kier alpha value is -3.04. The van der Waals surface area contributed by atoms with Crippen molar-refractivity contribution in [1.29, 1.82) is 0 Å². The molecule has 0 bridgehead atoms. The molecule has 0 saturated heterocycles. The first-order valence-corrected chi connectivity index (χ1v) is 12.9. The molecule has 4 aromatic carbocycles. The highest BCUT2D eigenvalue weighted by Crippen LogP contribution is 2.42. The summed E-state index contributed by atoms with van der Waals surface area (Å²) in [6.07, 6.45) is 5.23. The quantitative estimate of drug-likeness (QED) is 0.267. The van der Waals surface area contributed by atoms with Crippen LogP contribution in [0.2, 0.25) is 0 Å². The Balaban J connectivity index is 1.51. The van der Waals surface area contributed by atoms with Gasteiger partial charge in [0.05, 0.1) is 10.9 Å². The predicted octanol–water partition coefficient (Wildman–Crippen LogP) is 8.16. The van der Waals surface area contributed by atoms with E-state index >= 15 is 4.39 Å². The van der Waals surface area contributed by atoms with E-state index in [1.165, 1.54) is 16.2 Å². The summed E-state index contributed by atoms with van der Waals surface area (Å²) in [5.41, 5.74) is 0.684. The average Bonchev–Trinajstić information content (AvgIpc) is 2.88. The molecule has 0 atom stereocenters. The van der Waals surface area contributed by atoms with E-state index in [1.54, 1.807) is 6.07 Å². The van der Waals surface area contributed by atoms with E-state index in [0.717, 1.165) is 36.1 Å². The molecule has 33 heavy (non-hydrogen) atoms. The van der Waals surface area contributed by atoms with Crippen LogP contribution in [0.5, 0.6) is 5.75 Å². The summed E-state index contributed by atoms with van der Waals surface area (Å²) in [5.74, 6) is 0.0481. The number of hydrogen-bond donors (Lipinski definition) is 0. The van der Waals surface area contributed by atoms with E-state index in [9.17, 15) is 0 Å². The van der Waals surface area contributed by atoms with E-state index < -0.39 is 5.60 Å². The maximum Gasteiger partial charge on any atom is 0.170 e. The minimum absolute atomic E-state index is 0.294. The first kappa shape index (κ1) is 21.8. The second-order valence-electron chi connectivity index (χ2n) is 8.55. The third-order valence-corrected chi connectivity index (χ3v) is 8.58. The van der Waals surface area contributed by atoms with Crippen LogP contribution < -0.4 is 4.74 Å². The number of rotatable bonds is 6. The average molecular weight is 456 g/mol. The van der Waals surface area contributed by atoms with Crippen LogP contribution in [0.4, 0.5) is 4.39 Å². The summed E-state index contributed by atoms with van der Waals surface area (Å²) >= 11 is 0. The number of hydrogen-bond acceptors (Lipinski definition) is 1. The molecule has 1 aliphatic carbocycles. The molecule has 0 amide bonds. The van der Waals surface area contributed by atoms with E-state index in [4.69, 9.17) is 4.74 Å². The minimum atomic E-state index is -0.456. The van der Waals surface area contributed by atoms with E-state index in [-0.39, 0.29) is 16.7 Å². The van der Waals surface area contributed by atoms with Crippen LogP contribution in [0, 0.1) is 5.82 Å². The number of ether oxygens (including phenoxy) is 1. The molecule has 0 aliphatic heterocycles. The van der Waals surface area contributed by atoms with Crippen LogP contribution in [0.15, 0.2) is 124 Å². The number of benzene rings is 4. The fourth-order valence-corrected chi connectivity index (χ4v) is 6.84. The highest BCUT2D eigenvalue weighted by atomic mass is 32.2. The van der Waals surface area contributed by atoms with Crippen LogP contribution in [0.3, 0.4) is 0 Å². The Kier molecular flexibility index (Phi) is 6.50. The summed E-state index contributed by atoms with van der Waals surface area (Å²) in [6.45, 7) is 0. The molecular weight excluding hydrogens is 427 g/mol. The van der Waals surface area contributed by atoms with Crippen molar-refractivity contribution in [3.05, 3.63) is 121 Å². The van der Waals surface area contributed by atoms with Gasteiger partial charge in [-0.3, -0.25) is 0 Å². The summed E-state index contributed by atoms with van der Waals surface area (Å²) in [4.78, 5) is 3.30. The lowest BCUT2D eigenvalue weighted by Crippen LogP contribution is -2.35. The maximum atomic E-state index is 15.6. The molecule has 1 fully saturated rings. The molecule has 1 saturated carbocycles. The van der Waals surface area contributed by atoms with Crippen molar-refractivity contribution >= 4 is 10.9 Å². The van der Waals surface area contributed by atoms with Crippen LogP contribution in [-0.4, -0.2) is 0 Å². The predicted molar refractivity (Wildman–Crippen MR) is 133 cm³/mol. The smallest absolute Gasteiger partial charge is 0.170 e. The van der Waals surface area contributed by atoms with Gasteiger partial charge in [0, 0.05) is 6.07 Å². The second-order valence-corrected chi connectivity index (χ2v) is 10.6. The van der Waals surface area contributed by atoms with Crippen molar-refractivity contribution < 1.29 is 9.13 Å². The van der Waals surface area contributed by atoms with Crippen LogP contribution >= 0.6 is 0 Å². The fraction of sp³-hybridized carbons (Fsp3) is 0.200. The molecule has 0 heterocycles. The maximum absolute atomic E-state index is 15.6. The van der Waals surface area contributed by atoms with E-state index in [1.807, 2.05) is 66.7 Å². The fourth-order valence-electron chi connectivity index (χ4n) is 4.74. The molecule has 1 nitrogen and oxygen atoms in total. The molecule has 0 N–H and O–H groups in total. The first-order valence-electron chi connectivity index (χ1n) is 11.6. The Bertz CT molecular complexity index is 1130. The molecule has 4 aromatic rings. The highest BCUT2D eigenvalue weighted by molar-refractivity contribution is 7.97. The Morgan fingerprint density at radius 2 is 1.15 bits per heavy atom. The van der Waals surface area contributed by atoms with Crippen LogP contribution in [0.25, 0.3) is 0 Å². The highest BCUT2D eigenvalue weighted by Gasteiger charge is 2.37. The monoisotopic (exact) mass is 455 g/mol. The zero-order valence-electron chi connectivity index (χ0n) is 18.6. The van der Waals surface area contributed by atoms with Gasteiger partial charge in [-0.2, -0.15) is 0 Å². The van der Waals surface area contributed by atoms with Gasteiger partial charge < -0.3 is 4.74 Å². The van der Waals surface area contributed by atoms with Gasteiger partial charge in [-0.1, -0.05) is 73.2 Å². The molecule has 5 rings (SSSR count). The van der Waals surface area contributed by atoms with Gasteiger partial charge in [0.25, 0.3) is 0 Å². The standard InChI is InChI=1S/C30H28FOS/c31-28-23-27(33(25-15-7-2-8-16-25)26-17-9-3-10-18-26)19-20-29(28)32-30(21-11-4-12-22-30)24-13-5-1-6-14-24/h1-3,5-10,13-20,23H,4,11-12,21-22H2/q+1. The van der Waals surface area contributed by atoms with Gasteiger partial charge in [-0.05, 0) is 67.6 Å². The van der Waals surface area contributed by atoms with Gasteiger partial charge in [-0.25, -0.2) is 4.39 Å². The topological polar surface area (TPSA) is 9.23 Å². The Labute approximate surface area is 198 Å². The van der Waals surface area contributed by atoms with Crippen molar-refractivity contribution in [2.24, 2.45) is 0 Å². The summed E-state index contributed by atoms with van der Waals surface area (Å²) in [5, 5.41) is 0. The molecule has 3 heteroatoms. The van der Waals surface area contributed by atoms with Crippen molar-refractivity contribution in [1.82, 2.24) is 0 Å². The number of halogens is 1. The van der Waals surface area contributed by atoms with Gasteiger partial charge in [-0.15, -0.1) is 0 Å². The van der Waals surface area contributed by atoms with E-state index in [0.29, 0.717) is 5.75 Å². The lowest BCUT2D eigenvalue weighted by molar-refractivity contribution is 0.0226.